The van der Waals surface area contributed by atoms with E-state index >= 15 is 0 Å². The van der Waals surface area contributed by atoms with E-state index in [9.17, 15) is 10.1 Å². The predicted molar refractivity (Wildman–Crippen MR) is 122 cm³/mol. The second-order valence-corrected chi connectivity index (χ2v) is 7.25. The van der Waals surface area contributed by atoms with Gasteiger partial charge >= 0.3 is 5.97 Å². The molecule has 8 nitrogen and oxygen atoms in total. The van der Waals surface area contributed by atoms with Gasteiger partial charge in [-0.2, -0.15) is 5.26 Å². The van der Waals surface area contributed by atoms with Gasteiger partial charge in [-0.3, -0.25) is 9.78 Å². The number of benzene rings is 2. The first-order valence-corrected chi connectivity index (χ1v) is 10.4. The summed E-state index contributed by atoms with van der Waals surface area (Å²) >= 11 is 0. The van der Waals surface area contributed by atoms with Gasteiger partial charge in [0.25, 0.3) is 0 Å². The number of aromatic nitrogens is 1. The lowest BCUT2D eigenvalue weighted by molar-refractivity contribution is -0.137. The first-order valence-electron chi connectivity index (χ1n) is 10.4. The summed E-state index contributed by atoms with van der Waals surface area (Å²) in [7, 11) is 0. The van der Waals surface area contributed by atoms with Gasteiger partial charge in [0, 0.05) is 18.0 Å². The smallest absolute Gasteiger partial charge is 0.303 e. The first-order chi connectivity index (χ1) is 15.5. The lowest BCUT2D eigenvalue weighted by Gasteiger charge is -2.17. The normalized spacial score (nSPS) is 10.5. The average molecular weight is 434 g/mol. The Labute approximate surface area is 186 Å². The van der Waals surface area contributed by atoms with E-state index in [0.29, 0.717) is 48.0 Å². The molecule has 0 aliphatic carbocycles. The van der Waals surface area contributed by atoms with E-state index in [2.05, 4.69) is 16.4 Å². The van der Waals surface area contributed by atoms with E-state index in [1.54, 1.807) is 6.07 Å². The molecule has 0 aliphatic heterocycles. The van der Waals surface area contributed by atoms with Crippen LogP contribution in [0.3, 0.4) is 0 Å². The van der Waals surface area contributed by atoms with E-state index in [1.165, 1.54) is 6.20 Å². The number of carboxylic acids is 1. The minimum Gasteiger partial charge on any atom is -0.493 e. The highest BCUT2D eigenvalue weighted by molar-refractivity contribution is 5.97. The highest BCUT2D eigenvalue weighted by atomic mass is 16.5. The van der Waals surface area contributed by atoms with Gasteiger partial charge in [0.1, 0.15) is 17.6 Å². The van der Waals surface area contributed by atoms with Crippen LogP contribution in [0, 0.1) is 18.3 Å². The summed E-state index contributed by atoms with van der Waals surface area (Å²) in [5.41, 5.74) is 8.89. The van der Waals surface area contributed by atoms with E-state index in [-0.39, 0.29) is 13.0 Å². The maximum Gasteiger partial charge on any atom is 0.303 e. The van der Waals surface area contributed by atoms with Crippen molar-refractivity contribution in [2.75, 3.05) is 25.1 Å². The molecule has 1 aromatic heterocycles. The van der Waals surface area contributed by atoms with Crippen LogP contribution < -0.4 is 20.5 Å². The van der Waals surface area contributed by atoms with Gasteiger partial charge in [0.2, 0.25) is 0 Å². The third-order valence-electron chi connectivity index (χ3n) is 4.83. The number of para-hydroxylation sites is 2. The molecule has 0 amide bonds. The van der Waals surface area contributed by atoms with Crippen LogP contribution in [0.2, 0.25) is 0 Å². The summed E-state index contributed by atoms with van der Waals surface area (Å²) in [5.74, 6) is 0.420. The summed E-state index contributed by atoms with van der Waals surface area (Å²) in [5, 5.41) is 22.6. The second kappa shape index (κ2) is 11.0. The molecule has 166 valence electrons. The number of hydrogen-bond donors (Lipinski definition) is 3. The van der Waals surface area contributed by atoms with Crippen molar-refractivity contribution < 1.29 is 19.4 Å². The minimum absolute atomic E-state index is 0.0372. The summed E-state index contributed by atoms with van der Waals surface area (Å²) in [4.78, 5) is 15.2. The van der Waals surface area contributed by atoms with Crippen LogP contribution in [-0.2, 0) is 4.79 Å². The van der Waals surface area contributed by atoms with Gasteiger partial charge in [0.15, 0.2) is 0 Å². The number of anilines is 2. The molecule has 3 rings (SSSR count). The molecule has 0 radical (unpaired) electrons. The molecular weight excluding hydrogens is 408 g/mol. The van der Waals surface area contributed by atoms with E-state index in [0.717, 1.165) is 22.9 Å². The highest BCUT2D eigenvalue weighted by Gasteiger charge is 2.14. The van der Waals surface area contributed by atoms with Crippen molar-refractivity contribution in [3.8, 4) is 17.6 Å². The summed E-state index contributed by atoms with van der Waals surface area (Å²) in [6.07, 6.45) is 2.71. The predicted octanol–water partition coefficient (Wildman–Crippen LogP) is 4.13. The fraction of sp³-hybridized carbons (Fsp3) is 0.292. The number of nitrogens with one attached hydrogen (secondary N) is 1. The van der Waals surface area contributed by atoms with Crippen LogP contribution >= 0.6 is 0 Å². The maximum absolute atomic E-state index is 10.7. The van der Waals surface area contributed by atoms with Crippen molar-refractivity contribution in [1.29, 1.82) is 5.26 Å². The van der Waals surface area contributed by atoms with Crippen LogP contribution in [0.15, 0.2) is 42.6 Å². The molecule has 0 aliphatic rings. The molecular formula is C24H26N4O4. The van der Waals surface area contributed by atoms with Crippen LogP contribution in [0.5, 0.6) is 11.5 Å². The molecule has 1 heterocycles. The molecule has 3 aromatic rings. The van der Waals surface area contributed by atoms with Gasteiger partial charge in [-0.05, 0) is 56.1 Å². The zero-order valence-corrected chi connectivity index (χ0v) is 17.9. The largest absolute Gasteiger partial charge is 0.493 e. The Balaban J connectivity index is 1.95. The number of fused-ring (bicyclic) bond motifs is 1. The van der Waals surface area contributed by atoms with E-state index in [1.807, 2.05) is 37.3 Å². The molecule has 0 spiro atoms. The number of nitrogens with two attached hydrogens (primary N) is 1. The van der Waals surface area contributed by atoms with Crippen LogP contribution in [0.25, 0.3) is 10.9 Å². The number of ether oxygens (including phenoxy) is 2. The molecule has 0 bridgehead atoms. The molecule has 4 N–H and O–H groups in total. The summed E-state index contributed by atoms with van der Waals surface area (Å²) in [6, 6.07) is 13.3. The Kier molecular flexibility index (Phi) is 7.84. The number of carbonyl (C=O) groups is 1. The monoisotopic (exact) mass is 434 g/mol. The average Bonchev–Trinajstić information content (AvgIpc) is 2.78. The van der Waals surface area contributed by atoms with Gasteiger partial charge in [-0.15, -0.1) is 0 Å². The fourth-order valence-corrected chi connectivity index (χ4v) is 3.20. The number of pyridine rings is 1. The van der Waals surface area contributed by atoms with Crippen molar-refractivity contribution >= 4 is 28.2 Å². The van der Waals surface area contributed by atoms with Gasteiger partial charge < -0.3 is 25.6 Å². The molecule has 2 aromatic carbocycles. The molecule has 8 heteroatoms. The van der Waals surface area contributed by atoms with Crippen molar-refractivity contribution in [3.63, 3.8) is 0 Å². The SMILES string of the molecule is Cc1cc2ncc(C#N)c(Nc3ccccc3OCCCC(=O)O)c2cc1OCCCN. The maximum atomic E-state index is 10.7. The highest BCUT2D eigenvalue weighted by Crippen LogP contribution is 2.36. The second-order valence-electron chi connectivity index (χ2n) is 7.25. The fourth-order valence-electron chi connectivity index (χ4n) is 3.20. The van der Waals surface area contributed by atoms with Crippen molar-refractivity contribution in [2.24, 2.45) is 5.73 Å². The Morgan fingerprint density at radius 1 is 1.19 bits per heavy atom. The number of aryl methyl sites for hydroxylation is 1. The van der Waals surface area contributed by atoms with Crippen LogP contribution in [-0.4, -0.2) is 35.8 Å². The van der Waals surface area contributed by atoms with Crippen LogP contribution in [0.1, 0.15) is 30.4 Å². The molecule has 32 heavy (non-hydrogen) atoms. The molecule has 0 saturated heterocycles. The van der Waals surface area contributed by atoms with Crippen molar-refractivity contribution in [3.05, 3.63) is 53.7 Å². The standard InChI is InChI=1S/C24H26N4O4/c1-16-12-20-18(13-22(16)32-11-5-9-25)24(17(14-26)15-27-20)28-19-6-2-3-7-21(19)31-10-4-8-23(29)30/h2-3,6-7,12-13,15H,4-5,8-11,25H2,1H3,(H,27,28)(H,29,30). The first kappa shape index (κ1) is 22.8. The zero-order chi connectivity index (χ0) is 22.9. The Hall–Kier alpha value is -3.83. The van der Waals surface area contributed by atoms with Gasteiger partial charge in [0.05, 0.1) is 35.7 Å². The molecule has 0 saturated carbocycles. The topological polar surface area (TPSA) is 130 Å². The Morgan fingerprint density at radius 3 is 2.69 bits per heavy atom. The third-order valence-corrected chi connectivity index (χ3v) is 4.83. The summed E-state index contributed by atoms with van der Waals surface area (Å²) in [6.45, 7) is 3.27. The third kappa shape index (κ3) is 5.65. The number of rotatable bonds is 11. The number of hydrogen-bond acceptors (Lipinski definition) is 7. The van der Waals surface area contributed by atoms with E-state index < -0.39 is 5.97 Å². The molecule has 0 unspecified atom stereocenters. The van der Waals surface area contributed by atoms with Crippen LogP contribution in [0.4, 0.5) is 11.4 Å². The Morgan fingerprint density at radius 2 is 1.94 bits per heavy atom. The number of nitriles is 1. The minimum atomic E-state index is -0.860. The van der Waals surface area contributed by atoms with Crippen molar-refractivity contribution in [1.82, 2.24) is 4.98 Å². The summed E-state index contributed by atoms with van der Waals surface area (Å²) < 4.78 is 11.7. The zero-order valence-electron chi connectivity index (χ0n) is 17.9. The number of carboxylic acid groups (broad SMARTS) is 1. The Bertz CT molecular complexity index is 1140. The lowest BCUT2D eigenvalue weighted by Crippen LogP contribution is -2.07. The van der Waals surface area contributed by atoms with Crippen molar-refractivity contribution in [2.45, 2.75) is 26.2 Å². The number of aliphatic carboxylic acids is 1. The van der Waals surface area contributed by atoms with E-state index in [4.69, 9.17) is 20.3 Å². The number of nitrogens with zero attached hydrogens (tertiary/aromatic N) is 2. The molecule has 0 atom stereocenters. The lowest BCUT2D eigenvalue weighted by atomic mass is 10.1. The molecule has 0 fully saturated rings. The quantitative estimate of drug-likeness (QED) is 0.384. The van der Waals surface area contributed by atoms with Gasteiger partial charge in [-0.1, -0.05) is 12.1 Å². The van der Waals surface area contributed by atoms with Gasteiger partial charge in [-0.25, -0.2) is 0 Å².